The lowest BCUT2D eigenvalue weighted by atomic mass is 9.89. The van der Waals surface area contributed by atoms with Gasteiger partial charge in [-0.15, -0.1) is 0 Å². The first-order valence-electron chi connectivity index (χ1n) is 6.55. The van der Waals surface area contributed by atoms with Crippen LogP contribution in [0.1, 0.15) is 26.2 Å². The molecule has 2 aliphatic rings. The van der Waals surface area contributed by atoms with Gasteiger partial charge in [-0.1, -0.05) is 6.92 Å². The monoisotopic (exact) mass is 289 g/mol. The Labute approximate surface area is 112 Å². The lowest BCUT2D eigenvalue weighted by Crippen LogP contribution is -2.53. The Balaban J connectivity index is 2.15. The molecule has 19 heavy (non-hydrogen) atoms. The fraction of sp³-hybridized carbons (Fsp3) is 0.833. The number of nitrogens with zero attached hydrogens (tertiary/aromatic N) is 1. The number of carboxylic acids is 1. The van der Waals surface area contributed by atoms with Gasteiger partial charge in [-0.2, -0.15) is 0 Å². The van der Waals surface area contributed by atoms with E-state index < -0.39 is 27.8 Å². The van der Waals surface area contributed by atoms with Gasteiger partial charge in [-0.05, 0) is 25.2 Å². The molecule has 7 heteroatoms. The van der Waals surface area contributed by atoms with Crippen molar-refractivity contribution in [2.45, 2.75) is 32.2 Å². The van der Waals surface area contributed by atoms with Gasteiger partial charge in [0.25, 0.3) is 0 Å². The number of rotatable bonds is 2. The first kappa shape index (κ1) is 14.3. The van der Waals surface area contributed by atoms with Gasteiger partial charge in [0, 0.05) is 6.54 Å². The average Bonchev–Trinajstić information content (AvgIpc) is 2.68. The van der Waals surface area contributed by atoms with Crippen LogP contribution in [-0.4, -0.2) is 54.4 Å². The Hall–Kier alpha value is -1.11. The molecule has 0 aromatic rings. The van der Waals surface area contributed by atoms with Crippen molar-refractivity contribution >= 4 is 21.7 Å². The summed E-state index contributed by atoms with van der Waals surface area (Å²) in [6, 6.07) is -0.815. The van der Waals surface area contributed by atoms with Crippen LogP contribution < -0.4 is 0 Å². The molecule has 2 heterocycles. The van der Waals surface area contributed by atoms with Crippen LogP contribution >= 0.6 is 0 Å². The predicted molar refractivity (Wildman–Crippen MR) is 68.3 cm³/mol. The van der Waals surface area contributed by atoms with E-state index in [2.05, 4.69) is 0 Å². The molecule has 0 aliphatic carbocycles. The van der Waals surface area contributed by atoms with Gasteiger partial charge in [0.05, 0.1) is 17.4 Å². The smallest absolute Gasteiger partial charge is 0.326 e. The van der Waals surface area contributed by atoms with Crippen molar-refractivity contribution in [3.63, 3.8) is 0 Å². The number of carboxylic acid groups (broad SMARTS) is 1. The molecule has 1 N–H and O–H groups in total. The standard InChI is InChI=1S/C12H19NO5S/c1-8-3-2-5-13(10(8)12(15)16)11(14)9-4-6-19(17,18)7-9/h8-10H,2-7H2,1H3,(H,15,16). The summed E-state index contributed by atoms with van der Waals surface area (Å²) in [5.74, 6) is -2.06. The molecule has 0 spiro atoms. The third kappa shape index (κ3) is 2.91. The summed E-state index contributed by atoms with van der Waals surface area (Å²) < 4.78 is 22.8. The van der Waals surface area contributed by atoms with Crippen molar-refractivity contribution in [2.24, 2.45) is 11.8 Å². The van der Waals surface area contributed by atoms with E-state index in [4.69, 9.17) is 0 Å². The summed E-state index contributed by atoms with van der Waals surface area (Å²) in [6.45, 7) is 2.24. The highest BCUT2D eigenvalue weighted by molar-refractivity contribution is 7.91. The molecule has 3 atom stereocenters. The molecule has 0 radical (unpaired) electrons. The van der Waals surface area contributed by atoms with Crippen molar-refractivity contribution in [1.29, 1.82) is 0 Å². The molecule has 1 amide bonds. The minimum absolute atomic E-state index is 0.0323. The van der Waals surface area contributed by atoms with Crippen molar-refractivity contribution in [3.8, 4) is 0 Å². The van der Waals surface area contributed by atoms with E-state index in [0.29, 0.717) is 13.0 Å². The van der Waals surface area contributed by atoms with Crippen LogP contribution in [-0.2, 0) is 19.4 Å². The van der Waals surface area contributed by atoms with E-state index in [1.807, 2.05) is 6.92 Å². The molecular formula is C12H19NO5S. The maximum Gasteiger partial charge on any atom is 0.326 e. The zero-order valence-corrected chi connectivity index (χ0v) is 11.7. The van der Waals surface area contributed by atoms with Gasteiger partial charge in [0.15, 0.2) is 9.84 Å². The molecule has 0 aromatic heterocycles. The normalized spacial score (nSPS) is 34.2. The Morgan fingerprint density at radius 2 is 1.95 bits per heavy atom. The van der Waals surface area contributed by atoms with E-state index in [0.717, 1.165) is 12.8 Å². The number of amides is 1. The average molecular weight is 289 g/mol. The SMILES string of the molecule is CC1CCCN(C(=O)C2CCS(=O)(=O)C2)C1C(=O)O. The lowest BCUT2D eigenvalue weighted by Gasteiger charge is -2.38. The van der Waals surface area contributed by atoms with Crippen LogP contribution in [0.4, 0.5) is 0 Å². The third-order valence-electron chi connectivity index (χ3n) is 4.05. The number of aliphatic carboxylic acids is 1. The van der Waals surface area contributed by atoms with Gasteiger partial charge >= 0.3 is 5.97 Å². The number of sulfone groups is 1. The zero-order valence-electron chi connectivity index (χ0n) is 10.9. The molecule has 2 rings (SSSR count). The molecule has 2 saturated heterocycles. The maximum atomic E-state index is 12.3. The van der Waals surface area contributed by atoms with Crippen molar-refractivity contribution in [2.75, 3.05) is 18.1 Å². The molecule has 0 aromatic carbocycles. The van der Waals surface area contributed by atoms with Crippen molar-refractivity contribution < 1.29 is 23.1 Å². The predicted octanol–water partition coefficient (Wildman–Crippen LogP) is 0.133. The van der Waals surface area contributed by atoms with Crippen LogP contribution in [0.2, 0.25) is 0 Å². The molecule has 2 aliphatic heterocycles. The van der Waals surface area contributed by atoms with Crippen LogP contribution in [0, 0.1) is 11.8 Å². The summed E-state index contributed by atoms with van der Waals surface area (Å²) in [6.07, 6.45) is 1.87. The van der Waals surface area contributed by atoms with Gasteiger partial charge < -0.3 is 10.0 Å². The highest BCUT2D eigenvalue weighted by atomic mass is 32.2. The third-order valence-corrected chi connectivity index (χ3v) is 5.82. The molecular weight excluding hydrogens is 270 g/mol. The fourth-order valence-corrected chi connectivity index (χ4v) is 4.77. The summed E-state index contributed by atoms with van der Waals surface area (Å²) >= 11 is 0. The Morgan fingerprint density at radius 1 is 1.26 bits per heavy atom. The van der Waals surface area contributed by atoms with Gasteiger partial charge in [-0.25, -0.2) is 13.2 Å². The van der Waals surface area contributed by atoms with Gasteiger partial charge in [0.1, 0.15) is 6.04 Å². The van der Waals surface area contributed by atoms with Crippen molar-refractivity contribution in [1.82, 2.24) is 4.90 Å². The number of carbonyl (C=O) groups excluding carboxylic acids is 1. The largest absolute Gasteiger partial charge is 0.480 e. The van der Waals surface area contributed by atoms with Crippen LogP contribution in [0.25, 0.3) is 0 Å². The first-order valence-corrected chi connectivity index (χ1v) is 8.37. The summed E-state index contributed by atoms with van der Waals surface area (Å²) in [5.41, 5.74) is 0. The zero-order chi connectivity index (χ0) is 14.2. The quantitative estimate of drug-likeness (QED) is 0.780. The van der Waals surface area contributed by atoms with E-state index in [1.54, 1.807) is 0 Å². The highest BCUT2D eigenvalue weighted by Gasteiger charge is 2.42. The topological polar surface area (TPSA) is 91.8 Å². The maximum absolute atomic E-state index is 12.3. The Morgan fingerprint density at radius 3 is 2.47 bits per heavy atom. The minimum Gasteiger partial charge on any atom is -0.480 e. The minimum atomic E-state index is -3.13. The lowest BCUT2D eigenvalue weighted by molar-refractivity contribution is -0.156. The number of carbonyl (C=O) groups is 2. The van der Waals surface area contributed by atoms with Gasteiger partial charge in [-0.3, -0.25) is 4.79 Å². The fourth-order valence-electron chi connectivity index (χ4n) is 3.04. The van der Waals surface area contributed by atoms with E-state index >= 15 is 0 Å². The van der Waals surface area contributed by atoms with Crippen molar-refractivity contribution in [3.05, 3.63) is 0 Å². The first-order chi connectivity index (χ1) is 8.82. The van der Waals surface area contributed by atoms with E-state index in [9.17, 15) is 23.1 Å². The van der Waals surface area contributed by atoms with Crippen LogP contribution in [0.3, 0.4) is 0 Å². The summed E-state index contributed by atoms with van der Waals surface area (Å²) in [5, 5.41) is 9.26. The molecule has 3 unspecified atom stereocenters. The second-order valence-corrected chi connectivity index (χ2v) is 7.76. The number of hydrogen-bond donors (Lipinski definition) is 1. The molecule has 108 valence electrons. The number of hydrogen-bond acceptors (Lipinski definition) is 4. The molecule has 0 bridgehead atoms. The molecule has 0 saturated carbocycles. The Bertz CT molecular complexity index is 486. The van der Waals surface area contributed by atoms with Crippen LogP contribution in [0.5, 0.6) is 0 Å². The number of likely N-dealkylation sites (tertiary alicyclic amines) is 1. The van der Waals surface area contributed by atoms with E-state index in [1.165, 1.54) is 4.90 Å². The second kappa shape index (κ2) is 5.11. The summed E-state index contributed by atoms with van der Waals surface area (Å²) in [7, 11) is -3.13. The highest BCUT2D eigenvalue weighted by Crippen LogP contribution is 2.28. The molecule has 6 nitrogen and oxygen atoms in total. The van der Waals surface area contributed by atoms with Gasteiger partial charge in [0.2, 0.25) is 5.91 Å². The number of piperidine rings is 1. The van der Waals surface area contributed by atoms with Crippen LogP contribution in [0.15, 0.2) is 0 Å². The van der Waals surface area contributed by atoms with E-state index in [-0.39, 0.29) is 23.3 Å². The molecule has 2 fully saturated rings. The Kier molecular flexibility index (Phi) is 3.85. The second-order valence-electron chi connectivity index (χ2n) is 5.53. The summed E-state index contributed by atoms with van der Waals surface area (Å²) in [4.78, 5) is 25.0.